The van der Waals surface area contributed by atoms with E-state index in [4.69, 9.17) is 21.1 Å². The second-order valence-corrected chi connectivity index (χ2v) is 10.4. The van der Waals surface area contributed by atoms with E-state index in [9.17, 15) is 14.4 Å². The molecule has 1 N–H and O–H groups in total. The molecule has 3 aliphatic rings. The Morgan fingerprint density at radius 2 is 1.89 bits per heavy atom. The number of imide groups is 2. The number of nitrogens with zero attached hydrogens (tertiary/aromatic N) is 2. The zero-order valence-corrected chi connectivity index (χ0v) is 21.4. The molecule has 3 heterocycles. The summed E-state index contributed by atoms with van der Waals surface area (Å²) in [4.78, 5) is 42.0. The summed E-state index contributed by atoms with van der Waals surface area (Å²) in [7, 11) is 0. The summed E-state index contributed by atoms with van der Waals surface area (Å²) in [6.45, 7) is 9.75. The maximum Gasteiger partial charge on any atom is 0.335 e. The van der Waals surface area contributed by atoms with Gasteiger partial charge in [-0.05, 0) is 74.1 Å². The molecule has 3 aliphatic heterocycles. The lowest BCUT2D eigenvalue weighted by molar-refractivity contribution is -0.122. The minimum absolute atomic E-state index is 0.0174. The molecule has 2 aromatic carbocycles. The fourth-order valence-electron chi connectivity index (χ4n) is 5.35. The van der Waals surface area contributed by atoms with Crippen LogP contribution in [0.25, 0.3) is 6.08 Å². The number of nitrogens with one attached hydrogen (secondary N) is 1. The van der Waals surface area contributed by atoms with Gasteiger partial charge in [0.05, 0.1) is 5.69 Å². The van der Waals surface area contributed by atoms with E-state index in [1.165, 1.54) is 12.1 Å². The monoisotopic (exact) mass is 509 g/mol. The molecule has 5 rings (SSSR count). The van der Waals surface area contributed by atoms with E-state index in [-0.39, 0.29) is 29.5 Å². The topological polar surface area (TPSA) is 88.2 Å². The van der Waals surface area contributed by atoms with Gasteiger partial charge in [-0.15, -0.1) is 0 Å². The number of amides is 4. The molecule has 36 heavy (non-hydrogen) atoms. The predicted octanol–water partition coefficient (Wildman–Crippen LogP) is 5.24. The first-order chi connectivity index (χ1) is 17.1. The molecule has 0 radical (unpaired) electrons. The summed E-state index contributed by atoms with van der Waals surface area (Å²) in [6, 6.07) is 7.75. The van der Waals surface area contributed by atoms with Crippen molar-refractivity contribution in [2.45, 2.75) is 52.0 Å². The highest BCUT2D eigenvalue weighted by atomic mass is 35.5. The van der Waals surface area contributed by atoms with Crippen molar-refractivity contribution >= 4 is 46.9 Å². The lowest BCUT2D eigenvalue weighted by atomic mass is 9.79. The van der Waals surface area contributed by atoms with Crippen LogP contribution >= 0.6 is 11.6 Å². The van der Waals surface area contributed by atoms with Crippen molar-refractivity contribution in [2.75, 3.05) is 23.1 Å². The SMILES string of the molecule is CCCN1c2cc(Cl)c(/C=C3/C(=O)NC(=O)N(c4ccc5c(c4)OCO5)C3=O)cc2C(C)CC1(C)C. The van der Waals surface area contributed by atoms with Crippen LogP contribution in [0.5, 0.6) is 11.5 Å². The number of carbonyl (C=O) groups is 3. The van der Waals surface area contributed by atoms with Gasteiger partial charge in [0.15, 0.2) is 11.5 Å². The number of hydrogen-bond donors (Lipinski definition) is 1. The van der Waals surface area contributed by atoms with Gasteiger partial charge in [-0.2, -0.15) is 0 Å². The van der Waals surface area contributed by atoms with Crippen LogP contribution < -0.4 is 24.6 Å². The second kappa shape index (κ2) is 8.85. The van der Waals surface area contributed by atoms with Gasteiger partial charge < -0.3 is 14.4 Å². The molecule has 8 nitrogen and oxygen atoms in total. The third kappa shape index (κ3) is 3.99. The smallest absolute Gasteiger partial charge is 0.335 e. The lowest BCUT2D eigenvalue weighted by Crippen LogP contribution is -2.54. The number of carbonyl (C=O) groups excluding carboxylic acids is 3. The number of fused-ring (bicyclic) bond motifs is 2. The standard InChI is InChI=1S/C27H28ClN3O5/c1-5-8-30-21-12-20(28)16(9-18(21)15(2)13-27(30,3)4)10-19-24(32)29-26(34)31(25(19)33)17-6-7-22-23(11-17)36-14-35-22/h6-7,9-12,15H,5,8,13-14H2,1-4H3,(H,29,32,34)/b19-10-. The molecule has 188 valence electrons. The van der Waals surface area contributed by atoms with Gasteiger partial charge in [-0.3, -0.25) is 14.9 Å². The van der Waals surface area contributed by atoms with Crippen molar-refractivity contribution in [1.82, 2.24) is 5.32 Å². The van der Waals surface area contributed by atoms with Crippen molar-refractivity contribution in [1.29, 1.82) is 0 Å². The first-order valence-electron chi connectivity index (χ1n) is 12.0. The first kappa shape index (κ1) is 24.2. The van der Waals surface area contributed by atoms with Gasteiger partial charge in [0.25, 0.3) is 11.8 Å². The molecular formula is C27H28ClN3O5. The summed E-state index contributed by atoms with van der Waals surface area (Å²) >= 11 is 6.70. The molecule has 9 heteroatoms. The Labute approximate surface area is 214 Å². The quantitative estimate of drug-likeness (QED) is 0.448. The Balaban J connectivity index is 1.54. The summed E-state index contributed by atoms with van der Waals surface area (Å²) in [6.07, 6.45) is 3.42. The number of rotatable bonds is 4. The van der Waals surface area contributed by atoms with Crippen molar-refractivity contribution in [3.63, 3.8) is 0 Å². The van der Waals surface area contributed by atoms with Crippen LogP contribution in [0.3, 0.4) is 0 Å². The maximum atomic E-state index is 13.4. The molecule has 0 spiro atoms. The molecule has 1 fully saturated rings. The highest BCUT2D eigenvalue weighted by molar-refractivity contribution is 6.40. The minimum Gasteiger partial charge on any atom is -0.454 e. The van der Waals surface area contributed by atoms with Crippen LogP contribution in [-0.2, 0) is 9.59 Å². The van der Waals surface area contributed by atoms with Crippen LogP contribution in [0.2, 0.25) is 5.02 Å². The lowest BCUT2D eigenvalue weighted by Gasteiger charge is -2.47. The van der Waals surface area contributed by atoms with E-state index < -0.39 is 17.8 Å². The van der Waals surface area contributed by atoms with Crippen molar-refractivity contribution in [3.8, 4) is 11.5 Å². The average Bonchev–Trinajstić information content (AvgIpc) is 3.27. The summed E-state index contributed by atoms with van der Waals surface area (Å²) in [5.74, 6) is -0.302. The van der Waals surface area contributed by atoms with Crippen molar-refractivity contribution in [2.24, 2.45) is 0 Å². The highest BCUT2D eigenvalue weighted by Crippen LogP contribution is 2.45. The Kier molecular flexibility index (Phi) is 5.95. The molecule has 0 aromatic heterocycles. The zero-order chi connectivity index (χ0) is 25.8. The fourth-order valence-corrected chi connectivity index (χ4v) is 5.56. The van der Waals surface area contributed by atoms with Crippen LogP contribution in [0.15, 0.2) is 35.9 Å². The minimum atomic E-state index is -0.830. The molecule has 4 amide bonds. The molecule has 0 bridgehead atoms. The fraction of sp³-hybridized carbons (Fsp3) is 0.370. The molecule has 1 unspecified atom stereocenters. The number of barbiturate groups is 1. The van der Waals surface area contributed by atoms with Gasteiger partial charge in [0.2, 0.25) is 6.79 Å². The molecular weight excluding hydrogens is 482 g/mol. The normalized spacial score (nSPS) is 21.6. The van der Waals surface area contributed by atoms with Crippen molar-refractivity contribution < 1.29 is 23.9 Å². The Morgan fingerprint density at radius 1 is 1.14 bits per heavy atom. The predicted molar refractivity (Wildman–Crippen MR) is 138 cm³/mol. The molecule has 1 saturated heterocycles. The number of hydrogen-bond acceptors (Lipinski definition) is 6. The molecule has 1 atom stereocenters. The molecule has 0 saturated carbocycles. The maximum absolute atomic E-state index is 13.4. The van der Waals surface area contributed by atoms with Crippen LogP contribution in [0.4, 0.5) is 16.2 Å². The van der Waals surface area contributed by atoms with Gasteiger partial charge in [-0.25, -0.2) is 9.69 Å². The van der Waals surface area contributed by atoms with E-state index in [0.29, 0.717) is 22.1 Å². The van der Waals surface area contributed by atoms with Gasteiger partial charge >= 0.3 is 6.03 Å². The largest absolute Gasteiger partial charge is 0.454 e. The Hall–Kier alpha value is -3.52. The number of ether oxygens (including phenoxy) is 2. The van der Waals surface area contributed by atoms with E-state index in [2.05, 4.69) is 37.9 Å². The number of anilines is 2. The van der Waals surface area contributed by atoms with Crippen molar-refractivity contribution in [3.05, 3.63) is 52.1 Å². The highest BCUT2D eigenvalue weighted by Gasteiger charge is 2.39. The van der Waals surface area contributed by atoms with E-state index in [1.54, 1.807) is 12.1 Å². The average molecular weight is 510 g/mol. The Bertz CT molecular complexity index is 1320. The van der Waals surface area contributed by atoms with Gasteiger partial charge in [0, 0.05) is 28.9 Å². The van der Waals surface area contributed by atoms with Gasteiger partial charge in [-0.1, -0.05) is 25.4 Å². The third-order valence-corrected chi connectivity index (χ3v) is 7.29. The first-order valence-corrected chi connectivity index (χ1v) is 12.4. The summed E-state index contributed by atoms with van der Waals surface area (Å²) in [5, 5.41) is 2.69. The van der Waals surface area contributed by atoms with E-state index in [0.717, 1.165) is 35.5 Å². The second-order valence-electron chi connectivity index (χ2n) is 10.00. The van der Waals surface area contributed by atoms with Crippen LogP contribution in [0.1, 0.15) is 57.6 Å². The number of halogens is 1. The van der Waals surface area contributed by atoms with Gasteiger partial charge in [0.1, 0.15) is 5.57 Å². The number of benzene rings is 2. The molecule has 0 aliphatic carbocycles. The zero-order valence-electron chi connectivity index (χ0n) is 20.7. The summed E-state index contributed by atoms with van der Waals surface area (Å²) in [5.41, 5.74) is 2.81. The van der Waals surface area contributed by atoms with E-state index >= 15 is 0 Å². The van der Waals surface area contributed by atoms with Crippen LogP contribution in [0, 0.1) is 0 Å². The van der Waals surface area contributed by atoms with E-state index in [1.807, 2.05) is 12.1 Å². The Morgan fingerprint density at radius 3 is 2.64 bits per heavy atom. The summed E-state index contributed by atoms with van der Waals surface area (Å²) < 4.78 is 10.7. The number of urea groups is 1. The molecule has 2 aromatic rings. The third-order valence-electron chi connectivity index (χ3n) is 6.97. The van der Waals surface area contributed by atoms with Crippen LogP contribution in [-0.4, -0.2) is 36.7 Å².